The number of pyridine rings is 1. The van der Waals surface area contributed by atoms with Gasteiger partial charge in [-0.25, -0.2) is 4.79 Å². The van der Waals surface area contributed by atoms with Crippen molar-refractivity contribution in [1.82, 2.24) is 4.98 Å². The van der Waals surface area contributed by atoms with Gasteiger partial charge in [-0.05, 0) is 36.2 Å². The largest absolute Gasteiger partial charge is 0.478 e. The third kappa shape index (κ3) is 4.33. The van der Waals surface area contributed by atoms with E-state index in [1.165, 1.54) is 12.1 Å². The molecule has 5 nitrogen and oxygen atoms in total. The number of hydrogen-bond acceptors (Lipinski definition) is 4. The quantitative estimate of drug-likeness (QED) is 0.716. The Kier molecular flexibility index (Phi) is 5.55. The number of thiol groups is 1. The number of rotatable bonds is 6. The number of aromatic nitrogens is 1. The fourth-order valence-electron chi connectivity index (χ4n) is 2.02. The van der Waals surface area contributed by atoms with E-state index in [0.717, 1.165) is 5.56 Å². The maximum atomic E-state index is 12.3. The number of aromatic carboxylic acids is 1. The van der Waals surface area contributed by atoms with E-state index in [1.54, 1.807) is 24.5 Å². The van der Waals surface area contributed by atoms with Gasteiger partial charge in [-0.1, -0.05) is 12.1 Å². The predicted molar refractivity (Wildman–Crippen MR) is 87.3 cm³/mol. The maximum Gasteiger partial charge on any atom is 0.335 e. The molecule has 1 aromatic heterocycles. The molecule has 6 heteroatoms. The molecular weight excluding hydrogens is 300 g/mol. The topological polar surface area (TPSA) is 79.3 Å². The van der Waals surface area contributed by atoms with E-state index >= 15 is 0 Å². The molecule has 0 saturated heterocycles. The lowest BCUT2D eigenvalue weighted by Gasteiger charge is -2.14. The number of carboxylic acid groups (broad SMARTS) is 1. The molecule has 0 aliphatic heterocycles. The first-order valence-corrected chi connectivity index (χ1v) is 7.37. The van der Waals surface area contributed by atoms with E-state index < -0.39 is 5.97 Å². The molecule has 2 N–H and O–H groups in total. The summed E-state index contributed by atoms with van der Waals surface area (Å²) in [6.07, 6.45) is 3.92. The molecule has 1 unspecified atom stereocenters. The van der Waals surface area contributed by atoms with E-state index in [-0.39, 0.29) is 17.4 Å². The summed E-state index contributed by atoms with van der Waals surface area (Å²) in [5, 5.41) is 11.7. The number of amides is 1. The minimum atomic E-state index is -1.03. The maximum absolute atomic E-state index is 12.3. The molecule has 1 amide bonds. The summed E-state index contributed by atoms with van der Waals surface area (Å²) in [6, 6.07) is 9.88. The normalized spacial score (nSPS) is 11.7. The van der Waals surface area contributed by atoms with Crippen LogP contribution in [0.25, 0.3) is 0 Å². The highest BCUT2D eigenvalue weighted by molar-refractivity contribution is 7.80. The third-order valence-corrected chi connectivity index (χ3v) is 3.61. The molecule has 1 atom stereocenters. The van der Waals surface area contributed by atoms with Gasteiger partial charge in [-0.3, -0.25) is 9.78 Å². The number of nitrogens with zero attached hydrogens (tertiary/aromatic N) is 1. The standard InChI is InChI=1S/C16H16N2O3S/c19-15(13(10-22)7-11-3-2-6-17-9-11)18-14-5-1-4-12(8-14)16(20)21/h1-6,8-9,13,22H,7,10H2,(H,18,19)(H,20,21). The Bertz CT molecular complexity index is 661. The van der Waals surface area contributed by atoms with Crippen LogP contribution in [0.1, 0.15) is 15.9 Å². The van der Waals surface area contributed by atoms with Gasteiger partial charge < -0.3 is 10.4 Å². The summed E-state index contributed by atoms with van der Waals surface area (Å²) >= 11 is 4.23. The molecule has 22 heavy (non-hydrogen) atoms. The van der Waals surface area contributed by atoms with E-state index in [9.17, 15) is 9.59 Å². The zero-order valence-electron chi connectivity index (χ0n) is 11.8. The second-order valence-corrected chi connectivity index (χ2v) is 5.19. The van der Waals surface area contributed by atoms with Crippen LogP contribution < -0.4 is 5.32 Å². The average molecular weight is 316 g/mol. The zero-order chi connectivity index (χ0) is 15.9. The molecule has 0 aliphatic carbocycles. The number of benzene rings is 1. The SMILES string of the molecule is O=C(O)c1cccc(NC(=O)C(CS)Cc2cccnc2)c1. The van der Waals surface area contributed by atoms with E-state index in [4.69, 9.17) is 5.11 Å². The molecule has 0 bridgehead atoms. The van der Waals surface area contributed by atoms with Gasteiger partial charge in [0.15, 0.2) is 0 Å². The van der Waals surface area contributed by atoms with Gasteiger partial charge in [-0.2, -0.15) is 12.6 Å². The van der Waals surface area contributed by atoms with Crippen molar-refractivity contribution in [3.05, 3.63) is 59.9 Å². The van der Waals surface area contributed by atoms with E-state index in [2.05, 4.69) is 22.9 Å². The Balaban J connectivity index is 2.06. The molecule has 114 valence electrons. The molecule has 0 fully saturated rings. The van der Waals surface area contributed by atoms with Crippen LogP contribution >= 0.6 is 12.6 Å². The summed E-state index contributed by atoms with van der Waals surface area (Å²) in [5.74, 6) is -1.15. The Labute approximate surface area is 133 Å². The summed E-state index contributed by atoms with van der Waals surface area (Å²) < 4.78 is 0. The van der Waals surface area contributed by atoms with Gasteiger partial charge in [-0.15, -0.1) is 0 Å². The summed E-state index contributed by atoms with van der Waals surface area (Å²) in [7, 11) is 0. The molecule has 1 heterocycles. The van der Waals surface area contributed by atoms with E-state index in [0.29, 0.717) is 17.9 Å². The Hall–Kier alpha value is -2.34. The van der Waals surface area contributed by atoms with Crippen molar-refractivity contribution in [2.24, 2.45) is 5.92 Å². The van der Waals surface area contributed by atoms with Gasteiger partial charge in [0, 0.05) is 23.8 Å². The van der Waals surface area contributed by atoms with Crippen LogP contribution in [0.5, 0.6) is 0 Å². The van der Waals surface area contributed by atoms with Gasteiger partial charge >= 0.3 is 5.97 Å². The first kappa shape index (κ1) is 16.0. The number of hydrogen-bond donors (Lipinski definition) is 3. The van der Waals surface area contributed by atoms with Crippen molar-refractivity contribution >= 4 is 30.2 Å². The predicted octanol–water partition coefficient (Wildman–Crippen LogP) is 2.51. The smallest absolute Gasteiger partial charge is 0.335 e. The van der Waals surface area contributed by atoms with Crippen LogP contribution in [0.3, 0.4) is 0 Å². The fourth-order valence-corrected chi connectivity index (χ4v) is 2.31. The minimum absolute atomic E-state index is 0.132. The van der Waals surface area contributed by atoms with Gasteiger partial charge in [0.1, 0.15) is 0 Å². The lowest BCUT2D eigenvalue weighted by molar-refractivity contribution is -0.119. The highest BCUT2D eigenvalue weighted by atomic mass is 32.1. The number of nitrogens with one attached hydrogen (secondary N) is 1. The van der Waals surface area contributed by atoms with Crippen molar-refractivity contribution < 1.29 is 14.7 Å². The summed E-state index contributed by atoms with van der Waals surface area (Å²) in [5.41, 5.74) is 1.55. The first-order valence-electron chi connectivity index (χ1n) is 6.74. The second-order valence-electron chi connectivity index (χ2n) is 4.82. The third-order valence-electron chi connectivity index (χ3n) is 3.17. The summed E-state index contributed by atoms with van der Waals surface area (Å²) in [6.45, 7) is 0. The highest BCUT2D eigenvalue weighted by Crippen LogP contribution is 2.15. The van der Waals surface area contributed by atoms with E-state index in [1.807, 2.05) is 12.1 Å². The van der Waals surface area contributed by atoms with Gasteiger partial charge in [0.05, 0.1) is 11.5 Å². The Morgan fingerprint density at radius 3 is 2.73 bits per heavy atom. The number of anilines is 1. The lowest BCUT2D eigenvalue weighted by Crippen LogP contribution is -2.26. The van der Waals surface area contributed by atoms with Crippen LogP contribution in [0.4, 0.5) is 5.69 Å². The second kappa shape index (κ2) is 7.61. The number of carboxylic acids is 1. The van der Waals surface area contributed by atoms with Gasteiger partial charge in [0.2, 0.25) is 5.91 Å². The Morgan fingerprint density at radius 2 is 2.09 bits per heavy atom. The van der Waals surface area contributed by atoms with Crippen molar-refractivity contribution in [2.75, 3.05) is 11.1 Å². The number of carbonyl (C=O) groups excluding carboxylic acids is 1. The minimum Gasteiger partial charge on any atom is -0.478 e. The van der Waals surface area contributed by atoms with Crippen molar-refractivity contribution in [1.29, 1.82) is 0 Å². The number of carbonyl (C=O) groups is 2. The molecular formula is C16H16N2O3S. The molecule has 2 aromatic rings. The molecule has 0 radical (unpaired) electrons. The van der Waals surface area contributed by atoms with Crippen molar-refractivity contribution in [2.45, 2.75) is 6.42 Å². The molecule has 1 aromatic carbocycles. The van der Waals surface area contributed by atoms with Crippen LogP contribution in [0, 0.1) is 5.92 Å². The summed E-state index contributed by atoms with van der Waals surface area (Å²) in [4.78, 5) is 27.3. The van der Waals surface area contributed by atoms with Crippen molar-refractivity contribution in [3.8, 4) is 0 Å². The van der Waals surface area contributed by atoms with Crippen LogP contribution in [-0.2, 0) is 11.2 Å². The molecule has 2 rings (SSSR count). The highest BCUT2D eigenvalue weighted by Gasteiger charge is 2.18. The molecule has 0 spiro atoms. The average Bonchev–Trinajstić information content (AvgIpc) is 2.53. The fraction of sp³-hybridized carbons (Fsp3) is 0.188. The van der Waals surface area contributed by atoms with Crippen LogP contribution in [0.2, 0.25) is 0 Å². The monoisotopic (exact) mass is 316 g/mol. The van der Waals surface area contributed by atoms with Gasteiger partial charge in [0.25, 0.3) is 0 Å². The van der Waals surface area contributed by atoms with Crippen molar-refractivity contribution in [3.63, 3.8) is 0 Å². The van der Waals surface area contributed by atoms with Crippen LogP contribution in [0.15, 0.2) is 48.8 Å². The molecule has 0 aliphatic rings. The Morgan fingerprint density at radius 1 is 1.27 bits per heavy atom. The van der Waals surface area contributed by atoms with Crippen LogP contribution in [-0.4, -0.2) is 27.7 Å². The molecule has 0 saturated carbocycles. The first-order chi connectivity index (χ1) is 10.6. The lowest BCUT2D eigenvalue weighted by atomic mass is 10.0. The zero-order valence-corrected chi connectivity index (χ0v) is 12.7.